The molecule has 0 aliphatic rings. The van der Waals surface area contributed by atoms with Crippen molar-refractivity contribution in [3.63, 3.8) is 0 Å². The van der Waals surface area contributed by atoms with Crippen molar-refractivity contribution in [2.24, 2.45) is 0 Å². The molecule has 0 spiro atoms. The van der Waals surface area contributed by atoms with E-state index < -0.39 is 5.97 Å². The number of carboxylic acid groups (broad SMARTS) is 1. The molecule has 0 aliphatic heterocycles. The Bertz CT molecular complexity index is 596. The zero-order valence-corrected chi connectivity index (χ0v) is 11.4. The Labute approximate surface area is 118 Å². The van der Waals surface area contributed by atoms with E-state index in [0.29, 0.717) is 16.7 Å². The van der Waals surface area contributed by atoms with Gasteiger partial charge in [0.15, 0.2) is 0 Å². The molecule has 2 aromatic carbocycles. The highest BCUT2D eigenvalue weighted by atomic mass is 79.9. The van der Waals surface area contributed by atoms with Gasteiger partial charge in [0.2, 0.25) is 0 Å². The third kappa shape index (κ3) is 3.32. The molecule has 0 saturated carbocycles. The van der Waals surface area contributed by atoms with Crippen molar-refractivity contribution in [2.45, 2.75) is 6.54 Å². The Morgan fingerprint density at radius 2 is 2.00 bits per heavy atom. The molecule has 0 fully saturated rings. The molecule has 0 aliphatic carbocycles. The lowest BCUT2D eigenvalue weighted by atomic mass is 10.1. The fraction of sp³-hybridized carbons (Fsp3) is 0.0714. The van der Waals surface area contributed by atoms with Gasteiger partial charge in [-0.2, -0.15) is 0 Å². The van der Waals surface area contributed by atoms with Crippen LogP contribution in [0, 0.1) is 5.82 Å². The monoisotopic (exact) mass is 323 g/mol. The summed E-state index contributed by atoms with van der Waals surface area (Å²) < 4.78 is 14.2. The number of hydrogen-bond donors (Lipinski definition) is 2. The Kier molecular flexibility index (Phi) is 4.16. The summed E-state index contributed by atoms with van der Waals surface area (Å²) >= 11 is 3.26. The standard InChI is InChI=1S/C14H11BrFNO2/c15-11-5-2-6-12(16)13(11)17-8-9-3-1-4-10(7-9)14(18)19/h1-7,17H,8H2,(H,18,19). The molecule has 2 rings (SSSR count). The second-order valence-corrected chi connectivity index (χ2v) is 4.81. The lowest BCUT2D eigenvalue weighted by Crippen LogP contribution is -2.04. The maximum atomic E-state index is 13.6. The number of rotatable bonds is 4. The predicted molar refractivity (Wildman–Crippen MR) is 74.8 cm³/mol. The number of benzene rings is 2. The van der Waals surface area contributed by atoms with Gasteiger partial charge in [-0.05, 0) is 45.8 Å². The van der Waals surface area contributed by atoms with Crippen LogP contribution in [-0.2, 0) is 6.54 Å². The van der Waals surface area contributed by atoms with Crippen LogP contribution in [0.1, 0.15) is 15.9 Å². The molecule has 0 unspecified atom stereocenters. The van der Waals surface area contributed by atoms with Crippen LogP contribution >= 0.6 is 15.9 Å². The first-order valence-electron chi connectivity index (χ1n) is 5.58. The second kappa shape index (κ2) is 5.84. The molecule has 0 aromatic heterocycles. The van der Waals surface area contributed by atoms with Gasteiger partial charge in [-0.25, -0.2) is 9.18 Å². The van der Waals surface area contributed by atoms with Gasteiger partial charge in [-0.1, -0.05) is 18.2 Å². The number of halogens is 2. The van der Waals surface area contributed by atoms with Crippen LogP contribution in [0.25, 0.3) is 0 Å². The van der Waals surface area contributed by atoms with Crippen molar-refractivity contribution in [3.8, 4) is 0 Å². The van der Waals surface area contributed by atoms with Crippen LogP contribution in [0.4, 0.5) is 10.1 Å². The number of aromatic carboxylic acids is 1. The molecular formula is C14H11BrFNO2. The van der Waals surface area contributed by atoms with Crippen LogP contribution < -0.4 is 5.32 Å². The highest BCUT2D eigenvalue weighted by Gasteiger charge is 2.07. The number of carbonyl (C=O) groups is 1. The summed E-state index contributed by atoms with van der Waals surface area (Å²) in [4.78, 5) is 10.8. The maximum Gasteiger partial charge on any atom is 0.335 e. The zero-order valence-electron chi connectivity index (χ0n) is 9.86. The third-order valence-corrected chi connectivity index (χ3v) is 3.27. The molecule has 19 heavy (non-hydrogen) atoms. The van der Waals surface area contributed by atoms with Gasteiger partial charge in [-0.3, -0.25) is 0 Å². The van der Waals surface area contributed by atoms with Crippen LogP contribution in [0.2, 0.25) is 0 Å². The predicted octanol–water partition coefficient (Wildman–Crippen LogP) is 3.90. The van der Waals surface area contributed by atoms with Crippen LogP contribution in [-0.4, -0.2) is 11.1 Å². The molecule has 0 saturated heterocycles. The Balaban J connectivity index is 2.15. The largest absolute Gasteiger partial charge is 0.478 e. The fourth-order valence-corrected chi connectivity index (χ4v) is 2.15. The SMILES string of the molecule is O=C(O)c1cccc(CNc2c(F)cccc2Br)c1. The minimum atomic E-state index is -0.978. The Morgan fingerprint density at radius 1 is 1.26 bits per heavy atom. The van der Waals surface area contributed by atoms with Crippen molar-refractivity contribution in [3.05, 3.63) is 63.9 Å². The first-order valence-corrected chi connectivity index (χ1v) is 6.37. The van der Waals surface area contributed by atoms with Gasteiger partial charge in [0, 0.05) is 11.0 Å². The normalized spacial score (nSPS) is 10.2. The van der Waals surface area contributed by atoms with Gasteiger partial charge in [-0.15, -0.1) is 0 Å². The molecule has 2 N–H and O–H groups in total. The molecule has 0 heterocycles. The average molecular weight is 324 g/mol. The molecule has 0 amide bonds. The topological polar surface area (TPSA) is 49.3 Å². The summed E-state index contributed by atoms with van der Waals surface area (Å²) in [5, 5.41) is 11.8. The smallest absolute Gasteiger partial charge is 0.335 e. The summed E-state index contributed by atoms with van der Waals surface area (Å²) in [6.07, 6.45) is 0. The van der Waals surface area contributed by atoms with Crippen molar-refractivity contribution in [1.29, 1.82) is 0 Å². The average Bonchev–Trinajstić information content (AvgIpc) is 2.38. The summed E-state index contributed by atoms with van der Waals surface area (Å²) in [7, 11) is 0. The van der Waals surface area contributed by atoms with E-state index in [2.05, 4.69) is 21.2 Å². The van der Waals surface area contributed by atoms with Crippen LogP contribution in [0.5, 0.6) is 0 Å². The lowest BCUT2D eigenvalue weighted by molar-refractivity contribution is 0.0697. The molecule has 2 aromatic rings. The Hall–Kier alpha value is -1.88. The summed E-state index contributed by atoms with van der Waals surface area (Å²) in [5.74, 6) is -1.34. The van der Waals surface area contributed by atoms with E-state index in [4.69, 9.17) is 5.11 Å². The number of hydrogen-bond acceptors (Lipinski definition) is 2. The van der Waals surface area contributed by atoms with E-state index in [0.717, 1.165) is 5.56 Å². The number of carboxylic acids is 1. The molecular weight excluding hydrogens is 313 g/mol. The number of para-hydroxylation sites is 1. The molecule has 98 valence electrons. The molecule has 3 nitrogen and oxygen atoms in total. The maximum absolute atomic E-state index is 13.6. The summed E-state index contributed by atoms with van der Waals surface area (Å²) in [6.45, 7) is 0.348. The van der Waals surface area contributed by atoms with Crippen molar-refractivity contribution in [1.82, 2.24) is 0 Å². The highest BCUT2D eigenvalue weighted by molar-refractivity contribution is 9.10. The lowest BCUT2D eigenvalue weighted by Gasteiger charge is -2.10. The van der Waals surface area contributed by atoms with Gasteiger partial charge in [0.1, 0.15) is 5.82 Å². The molecule has 0 radical (unpaired) electrons. The van der Waals surface area contributed by atoms with Crippen molar-refractivity contribution in [2.75, 3.05) is 5.32 Å². The van der Waals surface area contributed by atoms with E-state index >= 15 is 0 Å². The zero-order chi connectivity index (χ0) is 13.8. The summed E-state index contributed by atoms with van der Waals surface area (Å²) in [6, 6.07) is 11.2. The van der Waals surface area contributed by atoms with Crippen molar-refractivity contribution >= 4 is 27.6 Å². The van der Waals surface area contributed by atoms with Crippen LogP contribution in [0.15, 0.2) is 46.9 Å². The minimum absolute atomic E-state index is 0.215. The van der Waals surface area contributed by atoms with Crippen molar-refractivity contribution < 1.29 is 14.3 Å². The van der Waals surface area contributed by atoms with Gasteiger partial charge < -0.3 is 10.4 Å². The molecule has 0 bridgehead atoms. The van der Waals surface area contributed by atoms with Gasteiger partial charge in [0.25, 0.3) is 0 Å². The first-order chi connectivity index (χ1) is 9.08. The number of nitrogens with one attached hydrogen (secondary N) is 1. The summed E-state index contributed by atoms with van der Waals surface area (Å²) in [5.41, 5.74) is 1.35. The number of anilines is 1. The highest BCUT2D eigenvalue weighted by Crippen LogP contribution is 2.25. The van der Waals surface area contributed by atoms with Crippen LogP contribution in [0.3, 0.4) is 0 Å². The quantitative estimate of drug-likeness (QED) is 0.897. The second-order valence-electron chi connectivity index (χ2n) is 3.96. The van der Waals surface area contributed by atoms with E-state index in [1.807, 2.05) is 0 Å². The van der Waals surface area contributed by atoms with E-state index in [-0.39, 0.29) is 11.4 Å². The Morgan fingerprint density at radius 3 is 2.68 bits per heavy atom. The van der Waals surface area contributed by atoms with Gasteiger partial charge >= 0.3 is 5.97 Å². The van der Waals surface area contributed by atoms with E-state index in [9.17, 15) is 9.18 Å². The minimum Gasteiger partial charge on any atom is -0.478 e. The fourth-order valence-electron chi connectivity index (χ4n) is 1.67. The molecule has 0 atom stereocenters. The van der Waals surface area contributed by atoms with E-state index in [1.54, 1.807) is 30.3 Å². The van der Waals surface area contributed by atoms with Gasteiger partial charge in [0.05, 0.1) is 11.3 Å². The van der Waals surface area contributed by atoms with E-state index in [1.165, 1.54) is 12.1 Å². The third-order valence-electron chi connectivity index (χ3n) is 2.61. The molecule has 5 heteroatoms. The first kappa shape index (κ1) is 13.5.